The van der Waals surface area contributed by atoms with Gasteiger partial charge in [-0.05, 0) is 48.6 Å². The molecule has 1 aliphatic rings. The predicted octanol–water partition coefficient (Wildman–Crippen LogP) is 3.87. The van der Waals surface area contributed by atoms with Crippen LogP contribution in [0.5, 0.6) is 5.75 Å². The number of rotatable bonds is 6. The number of ether oxygens (including phenoxy) is 1. The maximum Gasteiger partial charge on any atom is 0.223 e. The number of nitrogens with one attached hydrogen (secondary N) is 1. The van der Waals surface area contributed by atoms with Crippen LogP contribution in [-0.4, -0.2) is 23.6 Å². The van der Waals surface area contributed by atoms with E-state index in [1.54, 1.807) is 13.3 Å². The number of methoxy groups -OCH3 is 1. The summed E-state index contributed by atoms with van der Waals surface area (Å²) in [6.07, 6.45) is 11.5. The van der Waals surface area contributed by atoms with E-state index in [0.29, 0.717) is 5.95 Å². The van der Waals surface area contributed by atoms with Gasteiger partial charge in [0, 0.05) is 12.7 Å². The van der Waals surface area contributed by atoms with Gasteiger partial charge in [0.25, 0.3) is 0 Å². The highest BCUT2D eigenvalue weighted by Gasteiger charge is 2.04. The molecule has 0 spiro atoms. The topological polar surface area (TPSA) is 47.0 Å². The van der Waals surface area contributed by atoms with E-state index in [-0.39, 0.29) is 0 Å². The Hall–Kier alpha value is -2.62. The zero-order valence-electron chi connectivity index (χ0n) is 13.3. The van der Waals surface area contributed by atoms with Crippen LogP contribution in [-0.2, 0) is 6.42 Å². The molecular formula is C19H21N3O. The maximum absolute atomic E-state index is 5.17. The number of hydrogen-bond acceptors (Lipinski definition) is 4. The van der Waals surface area contributed by atoms with Crippen LogP contribution in [0.4, 0.5) is 5.95 Å². The van der Waals surface area contributed by atoms with Gasteiger partial charge < -0.3 is 10.1 Å². The van der Waals surface area contributed by atoms with Gasteiger partial charge in [-0.2, -0.15) is 0 Å². The summed E-state index contributed by atoms with van der Waals surface area (Å²) >= 11 is 0. The van der Waals surface area contributed by atoms with Gasteiger partial charge in [0.2, 0.25) is 5.95 Å². The monoisotopic (exact) mass is 307 g/mol. The number of benzene rings is 1. The van der Waals surface area contributed by atoms with Gasteiger partial charge in [-0.25, -0.2) is 9.97 Å². The van der Waals surface area contributed by atoms with Gasteiger partial charge in [0.05, 0.1) is 12.8 Å². The Balaban J connectivity index is 1.57. The first-order valence-corrected chi connectivity index (χ1v) is 7.92. The van der Waals surface area contributed by atoms with E-state index < -0.39 is 0 Å². The van der Waals surface area contributed by atoms with E-state index in [0.717, 1.165) is 37.3 Å². The molecule has 0 fully saturated rings. The summed E-state index contributed by atoms with van der Waals surface area (Å²) in [7, 11) is 1.68. The number of hydrogen-bond donors (Lipinski definition) is 1. The summed E-state index contributed by atoms with van der Waals surface area (Å²) in [6.45, 7) is 0.796. The molecule has 0 saturated carbocycles. The second kappa shape index (κ2) is 7.58. The highest BCUT2D eigenvalue weighted by Crippen LogP contribution is 2.20. The number of allylic oxidation sites excluding steroid dienone is 4. The fraction of sp³-hybridized carbons (Fsp3) is 0.263. The highest BCUT2D eigenvalue weighted by atomic mass is 16.5. The third-order valence-corrected chi connectivity index (χ3v) is 3.80. The lowest BCUT2D eigenvalue weighted by Gasteiger charge is -2.09. The summed E-state index contributed by atoms with van der Waals surface area (Å²) in [5.41, 5.74) is 3.41. The van der Waals surface area contributed by atoms with E-state index in [1.165, 1.54) is 11.1 Å². The Morgan fingerprint density at radius 1 is 1.13 bits per heavy atom. The first-order valence-electron chi connectivity index (χ1n) is 7.92. The van der Waals surface area contributed by atoms with Crippen LogP contribution in [0.2, 0.25) is 0 Å². The van der Waals surface area contributed by atoms with Crippen molar-refractivity contribution in [1.82, 2.24) is 9.97 Å². The number of anilines is 1. The Bertz CT molecular complexity index is 705. The molecule has 1 aliphatic carbocycles. The molecule has 0 atom stereocenters. The first kappa shape index (κ1) is 15.3. The number of nitrogens with zero attached hydrogens (tertiary/aromatic N) is 2. The minimum atomic E-state index is 0.677. The average molecular weight is 307 g/mol. The maximum atomic E-state index is 5.17. The molecular weight excluding hydrogens is 286 g/mol. The van der Waals surface area contributed by atoms with Crippen molar-refractivity contribution in [3.63, 3.8) is 0 Å². The van der Waals surface area contributed by atoms with Gasteiger partial charge in [-0.15, -0.1) is 0 Å². The molecule has 1 aromatic heterocycles. The smallest absolute Gasteiger partial charge is 0.223 e. The molecule has 0 unspecified atom stereocenters. The van der Waals surface area contributed by atoms with Crippen LogP contribution >= 0.6 is 0 Å². The summed E-state index contributed by atoms with van der Waals surface area (Å²) in [5.74, 6) is 1.56. The Kier molecular flexibility index (Phi) is 5.04. The van der Waals surface area contributed by atoms with Gasteiger partial charge in [0.1, 0.15) is 5.75 Å². The van der Waals surface area contributed by atoms with Gasteiger partial charge in [-0.3, -0.25) is 0 Å². The molecule has 0 radical (unpaired) electrons. The van der Waals surface area contributed by atoms with Crippen LogP contribution in [0.25, 0.3) is 5.57 Å². The van der Waals surface area contributed by atoms with Gasteiger partial charge in [0.15, 0.2) is 0 Å². The summed E-state index contributed by atoms with van der Waals surface area (Å²) in [5, 5.41) is 3.30. The SMILES string of the molecule is COc1ccc(CCNc2nccc(C3=CCCC=C3)n2)cc1. The molecule has 1 aromatic carbocycles. The largest absolute Gasteiger partial charge is 0.497 e. The molecule has 1 N–H and O–H groups in total. The molecule has 4 nitrogen and oxygen atoms in total. The molecule has 4 heteroatoms. The van der Waals surface area contributed by atoms with E-state index >= 15 is 0 Å². The number of aromatic nitrogens is 2. The van der Waals surface area contributed by atoms with Crippen molar-refractivity contribution in [1.29, 1.82) is 0 Å². The average Bonchev–Trinajstić information content (AvgIpc) is 2.63. The summed E-state index contributed by atoms with van der Waals surface area (Å²) in [4.78, 5) is 8.89. The van der Waals surface area contributed by atoms with Crippen molar-refractivity contribution < 1.29 is 4.74 Å². The lowest BCUT2D eigenvalue weighted by atomic mass is 10.0. The van der Waals surface area contributed by atoms with Crippen LogP contribution < -0.4 is 10.1 Å². The minimum Gasteiger partial charge on any atom is -0.497 e. The molecule has 0 aliphatic heterocycles. The third-order valence-electron chi connectivity index (χ3n) is 3.80. The van der Waals surface area contributed by atoms with E-state index in [2.05, 4.69) is 45.6 Å². The second-order valence-corrected chi connectivity index (χ2v) is 5.43. The lowest BCUT2D eigenvalue weighted by molar-refractivity contribution is 0.414. The zero-order chi connectivity index (χ0) is 15.9. The van der Waals surface area contributed by atoms with Crippen molar-refractivity contribution in [2.75, 3.05) is 19.0 Å². The Morgan fingerprint density at radius 3 is 2.74 bits per heavy atom. The Morgan fingerprint density at radius 2 is 2.00 bits per heavy atom. The molecule has 23 heavy (non-hydrogen) atoms. The minimum absolute atomic E-state index is 0.677. The van der Waals surface area contributed by atoms with Crippen LogP contribution in [0.1, 0.15) is 24.1 Å². The van der Waals surface area contributed by atoms with Crippen LogP contribution in [0, 0.1) is 0 Å². The van der Waals surface area contributed by atoms with Gasteiger partial charge in [-0.1, -0.05) is 30.4 Å². The van der Waals surface area contributed by atoms with Crippen LogP contribution in [0.15, 0.2) is 54.8 Å². The molecule has 0 amide bonds. The standard InChI is InChI=1S/C19H21N3O/c1-23-17-9-7-15(8-10-17)11-13-20-19-21-14-12-18(22-19)16-5-3-2-4-6-16/h3,5-10,12,14H,2,4,11,13H2,1H3,(H,20,21,22). The van der Waals surface area contributed by atoms with Crippen molar-refractivity contribution in [3.8, 4) is 5.75 Å². The van der Waals surface area contributed by atoms with Crippen molar-refractivity contribution in [2.45, 2.75) is 19.3 Å². The molecule has 0 saturated heterocycles. The fourth-order valence-electron chi connectivity index (χ4n) is 2.52. The predicted molar refractivity (Wildman–Crippen MR) is 93.6 cm³/mol. The van der Waals surface area contributed by atoms with Gasteiger partial charge >= 0.3 is 0 Å². The van der Waals surface area contributed by atoms with E-state index in [1.807, 2.05) is 18.2 Å². The lowest BCUT2D eigenvalue weighted by Crippen LogP contribution is -2.08. The van der Waals surface area contributed by atoms with E-state index in [4.69, 9.17) is 4.74 Å². The second-order valence-electron chi connectivity index (χ2n) is 5.43. The van der Waals surface area contributed by atoms with Crippen molar-refractivity contribution in [3.05, 3.63) is 66.0 Å². The summed E-state index contributed by atoms with van der Waals surface area (Å²) in [6, 6.07) is 10.1. The van der Waals surface area contributed by atoms with Crippen molar-refractivity contribution in [2.24, 2.45) is 0 Å². The molecule has 1 heterocycles. The molecule has 0 bridgehead atoms. The Labute approximate surface area is 136 Å². The highest BCUT2D eigenvalue weighted by molar-refractivity contribution is 5.72. The third kappa shape index (κ3) is 4.19. The quantitative estimate of drug-likeness (QED) is 0.880. The fourth-order valence-corrected chi connectivity index (χ4v) is 2.52. The molecule has 118 valence electrons. The zero-order valence-corrected chi connectivity index (χ0v) is 13.3. The van der Waals surface area contributed by atoms with E-state index in [9.17, 15) is 0 Å². The van der Waals surface area contributed by atoms with Crippen molar-refractivity contribution >= 4 is 11.5 Å². The first-order chi connectivity index (χ1) is 11.3. The molecule has 2 aromatic rings. The summed E-state index contributed by atoms with van der Waals surface area (Å²) < 4.78 is 5.17. The normalized spacial score (nSPS) is 13.5. The molecule has 3 rings (SSSR count). The van der Waals surface area contributed by atoms with Crippen LogP contribution in [0.3, 0.4) is 0 Å².